The van der Waals surface area contributed by atoms with Gasteiger partial charge in [0.1, 0.15) is 0 Å². The first kappa shape index (κ1) is 43.1. The zero-order chi connectivity index (χ0) is 45.6. The molecule has 0 spiro atoms. The van der Waals surface area contributed by atoms with Crippen LogP contribution in [0.5, 0.6) is 0 Å². The monoisotopic (exact) mass is 884 g/mol. The fraction of sp³-hybridized carbons (Fsp3) is 0.333. The van der Waals surface area contributed by atoms with Crippen LogP contribution in [0.4, 0.5) is 11.4 Å². The van der Waals surface area contributed by atoms with Crippen LogP contribution in [0.15, 0.2) is 104 Å². The summed E-state index contributed by atoms with van der Waals surface area (Å²) in [6.45, 7) is 15.7. The van der Waals surface area contributed by atoms with Gasteiger partial charge in [0.05, 0.1) is 36.4 Å². The number of rotatable bonds is 11. The first-order valence-electron chi connectivity index (χ1n) is 23.2. The minimum Gasteiger partial charge on any atom is -0.381 e. The van der Waals surface area contributed by atoms with E-state index in [0.717, 1.165) is 128 Å². The maximum absolute atomic E-state index is 12.7. The van der Waals surface area contributed by atoms with Gasteiger partial charge in [-0.25, -0.2) is 0 Å². The highest BCUT2D eigenvalue weighted by Crippen LogP contribution is 2.43. The van der Waals surface area contributed by atoms with Crippen LogP contribution < -0.4 is 21.8 Å². The molecule has 0 unspecified atom stereocenters. The SMILES string of the molecule is Cc1cc([C@H](C)Nc2ccc(-c3c(C)cc([C@H](C)Nc4ccccc4-c4cc(=O)[nH]o4)c4cc([C@H]5CCCOC5)c(C)nc34)cc2-c2cc(=O)[nH]o2)c2cc([C@@H]3CCCOC3)c(C)nc2c1. The predicted octanol–water partition coefficient (Wildman–Crippen LogP) is 11.7. The van der Waals surface area contributed by atoms with Crippen LogP contribution in [0.1, 0.15) is 108 Å². The van der Waals surface area contributed by atoms with Crippen LogP contribution in [0.2, 0.25) is 0 Å². The lowest BCUT2D eigenvalue weighted by molar-refractivity contribution is 0.0801. The van der Waals surface area contributed by atoms with Crippen molar-refractivity contribution in [1.29, 1.82) is 0 Å². The van der Waals surface area contributed by atoms with Crippen LogP contribution in [0.25, 0.3) is 55.6 Å². The van der Waals surface area contributed by atoms with Gasteiger partial charge >= 0.3 is 0 Å². The number of nitrogens with zero attached hydrogens (tertiary/aromatic N) is 2. The van der Waals surface area contributed by atoms with Gasteiger partial charge in [-0.3, -0.25) is 19.6 Å². The largest absolute Gasteiger partial charge is 0.381 e. The number of pyridine rings is 2. The third-order valence-corrected chi connectivity index (χ3v) is 13.6. The molecule has 338 valence electrons. The van der Waals surface area contributed by atoms with E-state index in [1.807, 2.05) is 24.3 Å². The molecule has 4 aromatic heterocycles. The maximum Gasteiger partial charge on any atom is 0.280 e. The van der Waals surface area contributed by atoms with Gasteiger partial charge in [0, 0.05) is 87.4 Å². The summed E-state index contributed by atoms with van der Waals surface area (Å²) in [5, 5.41) is 14.7. The Morgan fingerprint density at radius 3 is 1.85 bits per heavy atom. The number of aryl methyl sites for hydroxylation is 4. The van der Waals surface area contributed by atoms with E-state index in [0.29, 0.717) is 30.7 Å². The third-order valence-electron chi connectivity index (χ3n) is 13.6. The minimum atomic E-state index is -0.316. The molecule has 12 nitrogen and oxygen atoms in total. The van der Waals surface area contributed by atoms with E-state index < -0.39 is 0 Å². The van der Waals surface area contributed by atoms with Gasteiger partial charge in [0.25, 0.3) is 11.1 Å². The molecule has 4 N–H and O–H groups in total. The molecule has 4 atom stereocenters. The lowest BCUT2D eigenvalue weighted by atomic mass is 9.86. The van der Waals surface area contributed by atoms with Crippen LogP contribution in [-0.2, 0) is 9.47 Å². The Bertz CT molecular complexity index is 3220. The Morgan fingerprint density at radius 1 is 0.636 bits per heavy atom. The topological polar surface area (TPSA) is 160 Å². The molecule has 10 rings (SSSR count). The minimum absolute atomic E-state index is 0.136. The number of nitrogens with one attached hydrogen (secondary N) is 4. The Hall–Kier alpha value is -6.76. The van der Waals surface area contributed by atoms with Gasteiger partial charge in [-0.15, -0.1) is 0 Å². The Morgan fingerprint density at radius 2 is 1.23 bits per heavy atom. The number of benzene rings is 4. The normalized spacial score (nSPS) is 17.5. The Kier molecular flexibility index (Phi) is 11.7. The Balaban J connectivity index is 1.08. The molecular formula is C54H56N6O6. The number of ether oxygens (including phenoxy) is 2. The van der Waals surface area contributed by atoms with Crippen LogP contribution in [-0.4, -0.2) is 46.7 Å². The summed E-state index contributed by atoms with van der Waals surface area (Å²) in [6, 6.07) is 28.1. The highest BCUT2D eigenvalue weighted by Gasteiger charge is 2.26. The van der Waals surface area contributed by atoms with Gasteiger partial charge in [0.15, 0.2) is 11.5 Å². The summed E-state index contributed by atoms with van der Waals surface area (Å²) in [7, 11) is 0. The van der Waals surface area contributed by atoms with Gasteiger partial charge in [-0.1, -0.05) is 30.3 Å². The number of aromatic amines is 2. The van der Waals surface area contributed by atoms with E-state index in [9.17, 15) is 9.59 Å². The molecule has 66 heavy (non-hydrogen) atoms. The number of hydrogen-bond acceptors (Lipinski definition) is 10. The molecule has 0 saturated carbocycles. The lowest BCUT2D eigenvalue weighted by Crippen LogP contribution is -2.17. The number of para-hydroxylation sites is 1. The molecular weight excluding hydrogens is 829 g/mol. The van der Waals surface area contributed by atoms with Crippen molar-refractivity contribution < 1.29 is 18.5 Å². The number of hydrogen-bond donors (Lipinski definition) is 4. The highest BCUT2D eigenvalue weighted by molar-refractivity contribution is 6.00. The fourth-order valence-corrected chi connectivity index (χ4v) is 10.3. The molecule has 0 aliphatic carbocycles. The summed E-state index contributed by atoms with van der Waals surface area (Å²) in [5.74, 6) is 1.45. The van der Waals surface area contributed by atoms with Crippen molar-refractivity contribution in [2.24, 2.45) is 0 Å². The number of anilines is 2. The molecule has 2 aliphatic rings. The fourth-order valence-electron chi connectivity index (χ4n) is 10.3. The number of fused-ring (bicyclic) bond motifs is 2. The van der Waals surface area contributed by atoms with Crippen molar-refractivity contribution in [3.05, 3.63) is 150 Å². The van der Waals surface area contributed by atoms with E-state index in [4.69, 9.17) is 28.5 Å². The second-order valence-electron chi connectivity index (χ2n) is 18.3. The van der Waals surface area contributed by atoms with Crippen molar-refractivity contribution in [2.45, 2.75) is 91.1 Å². The molecule has 2 saturated heterocycles. The summed E-state index contributed by atoms with van der Waals surface area (Å²) in [4.78, 5) is 35.3. The standard InChI is InChI=1S/C54H56N6O6/c1-29-19-41(43-23-39(31(3)57-48(43)20-29)36-11-9-17-63-27-36)33(5)56-47-16-15-35(22-45(47)50-26-52(62)60-66-50)53-30(2)21-42(44-24-40(32(4)58-54(44)53)37-12-10-18-64-28-37)34(6)55-46-14-8-7-13-38(46)49-25-51(61)59-65-49/h7-8,13-16,19-26,33-34,36-37,55-56H,9-12,17-18,27-28H2,1-6H3,(H,59,61)(H,60,62)/t33-,34-,36+,37-/m0/s1. The van der Waals surface area contributed by atoms with E-state index in [2.05, 4.69) is 111 Å². The van der Waals surface area contributed by atoms with Crippen LogP contribution >= 0.6 is 0 Å². The summed E-state index contributed by atoms with van der Waals surface area (Å²) >= 11 is 0. The number of H-pyrrole nitrogens is 2. The molecule has 6 heterocycles. The molecule has 2 aliphatic heterocycles. The van der Waals surface area contributed by atoms with Crippen LogP contribution in [0.3, 0.4) is 0 Å². The van der Waals surface area contributed by atoms with E-state index >= 15 is 0 Å². The first-order valence-corrected chi connectivity index (χ1v) is 23.2. The van der Waals surface area contributed by atoms with Crippen molar-refractivity contribution in [2.75, 3.05) is 37.1 Å². The molecule has 2 fully saturated rings. The average molecular weight is 885 g/mol. The van der Waals surface area contributed by atoms with E-state index in [1.54, 1.807) is 0 Å². The van der Waals surface area contributed by atoms with Crippen molar-refractivity contribution in [3.8, 4) is 33.8 Å². The molecule has 0 radical (unpaired) electrons. The predicted molar refractivity (Wildman–Crippen MR) is 261 cm³/mol. The quantitative estimate of drug-likeness (QED) is 0.0984. The van der Waals surface area contributed by atoms with Gasteiger partial charge in [0.2, 0.25) is 0 Å². The summed E-state index contributed by atoms with van der Waals surface area (Å²) < 4.78 is 23.3. The van der Waals surface area contributed by atoms with Gasteiger partial charge in [-0.2, -0.15) is 10.3 Å². The molecule has 8 aromatic rings. The average Bonchev–Trinajstić information content (AvgIpc) is 3.96. The smallest absolute Gasteiger partial charge is 0.280 e. The Labute approximate surface area is 383 Å². The number of aromatic nitrogens is 4. The molecule has 0 bridgehead atoms. The summed E-state index contributed by atoms with van der Waals surface area (Å²) in [6.07, 6.45) is 4.17. The second kappa shape index (κ2) is 17.9. The van der Waals surface area contributed by atoms with Gasteiger partial charge < -0.3 is 29.2 Å². The molecule has 0 amide bonds. The van der Waals surface area contributed by atoms with Crippen molar-refractivity contribution >= 4 is 33.2 Å². The second-order valence-corrected chi connectivity index (χ2v) is 18.3. The summed E-state index contributed by atoms with van der Waals surface area (Å²) in [5.41, 5.74) is 15.2. The highest BCUT2D eigenvalue weighted by atomic mass is 16.5. The van der Waals surface area contributed by atoms with Crippen molar-refractivity contribution in [1.82, 2.24) is 20.3 Å². The first-order chi connectivity index (χ1) is 32.0. The molecule has 12 heteroatoms. The lowest BCUT2D eigenvalue weighted by Gasteiger charge is -2.26. The van der Waals surface area contributed by atoms with Gasteiger partial charge in [-0.05, 0) is 149 Å². The zero-order valence-corrected chi connectivity index (χ0v) is 38.4. The van der Waals surface area contributed by atoms with E-state index in [-0.39, 0.29) is 29.1 Å². The van der Waals surface area contributed by atoms with Crippen molar-refractivity contribution in [3.63, 3.8) is 0 Å². The molecule has 4 aromatic carbocycles. The zero-order valence-electron chi connectivity index (χ0n) is 38.4. The van der Waals surface area contributed by atoms with Crippen LogP contribution in [0, 0.1) is 27.7 Å². The van der Waals surface area contributed by atoms with E-state index in [1.165, 1.54) is 23.3 Å². The maximum atomic E-state index is 12.7. The third kappa shape index (κ3) is 8.35.